The molecule has 9 heteroatoms. The van der Waals surface area contributed by atoms with Crippen LogP contribution in [0.2, 0.25) is 5.02 Å². The van der Waals surface area contributed by atoms with E-state index in [4.69, 9.17) is 21.5 Å². The number of benzene rings is 2. The number of rotatable bonds is 5. The Morgan fingerprint density at radius 3 is 2.35 bits per heavy atom. The number of carbonyl (C=O) groups is 2. The highest BCUT2D eigenvalue weighted by Gasteiger charge is 2.21. The molecule has 0 aromatic heterocycles. The van der Waals surface area contributed by atoms with Gasteiger partial charge in [-0.3, -0.25) is 4.79 Å². The zero-order valence-corrected chi connectivity index (χ0v) is 15.6. The standard InChI is InChI=1S/C17H17ClN2O5S/c1-10-3-6-13(7-4-10)20-16(21)11(2)25-17(22)12-5-8-14(18)15(9-12)26(19,23)24/h3-9,11H,1-2H3,(H,20,21)(H2,19,23,24)/t11-/m1/s1. The molecule has 7 nitrogen and oxygen atoms in total. The largest absolute Gasteiger partial charge is 0.449 e. The fourth-order valence-electron chi connectivity index (χ4n) is 2.01. The van der Waals surface area contributed by atoms with Gasteiger partial charge in [0.15, 0.2) is 6.10 Å². The van der Waals surface area contributed by atoms with Crippen LogP contribution in [0.15, 0.2) is 47.4 Å². The first kappa shape index (κ1) is 19.9. The van der Waals surface area contributed by atoms with Crippen LogP contribution in [0.4, 0.5) is 5.69 Å². The Kier molecular flexibility index (Phi) is 6.01. The highest BCUT2D eigenvalue weighted by Crippen LogP contribution is 2.22. The molecule has 26 heavy (non-hydrogen) atoms. The van der Waals surface area contributed by atoms with Gasteiger partial charge in [0.05, 0.1) is 10.6 Å². The fraction of sp³-hybridized carbons (Fsp3) is 0.176. The number of hydrogen-bond acceptors (Lipinski definition) is 5. The third-order valence-corrected chi connectivity index (χ3v) is 4.84. The van der Waals surface area contributed by atoms with E-state index < -0.39 is 32.9 Å². The van der Waals surface area contributed by atoms with Crippen molar-refractivity contribution >= 4 is 39.2 Å². The van der Waals surface area contributed by atoms with Crippen molar-refractivity contribution in [1.29, 1.82) is 0 Å². The number of esters is 1. The normalized spacial score (nSPS) is 12.3. The summed E-state index contributed by atoms with van der Waals surface area (Å²) < 4.78 is 28.0. The highest BCUT2D eigenvalue weighted by atomic mass is 35.5. The molecule has 0 aliphatic heterocycles. The van der Waals surface area contributed by atoms with Gasteiger partial charge in [0.1, 0.15) is 4.90 Å². The maximum absolute atomic E-state index is 12.2. The molecule has 138 valence electrons. The molecule has 2 aromatic rings. The zero-order valence-electron chi connectivity index (χ0n) is 14.0. The second-order valence-electron chi connectivity index (χ2n) is 5.59. The summed E-state index contributed by atoms with van der Waals surface area (Å²) in [7, 11) is -4.10. The molecule has 0 aliphatic rings. The topological polar surface area (TPSA) is 116 Å². The number of primary sulfonamides is 1. The molecule has 0 heterocycles. The Hall–Kier alpha value is -2.42. The van der Waals surface area contributed by atoms with Crippen molar-refractivity contribution < 1.29 is 22.7 Å². The Morgan fingerprint density at radius 2 is 1.77 bits per heavy atom. The van der Waals surface area contributed by atoms with E-state index in [1.54, 1.807) is 12.1 Å². The molecule has 0 unspecified atom stereocenters. The van der Waals surface area contributed by atoms with Gasteiger partial charge < -0.3 is 10.1 Å². The number of aryl methyl sites for hydroxylation is 1. The lowest BCUT2D eigenvalue weighted by molar-refractivity contribution is -0.123. The van der Waals surface area contributed by atoms with Gasteiger partial charge in [0, 0.05) is 5.69 Å². The van der Waals surface area contributed by atoms with Gasteiger partial charge in [-0.2, -0.15) is 0 Å². The molecule has 1 atom stereocenters. The van der Waals surface area contributed by atoms with Crippen LogP contribution in [0, 0.1) is 6.92 Å². The van der Waals surface area contributed by atoms with E-state index in [9.17, 15) is 18.0 Å². The van der Waals surface area contributed by atoms with E-state index in [0.717, 1.165) is 11.6 Å². The zero-order chi connectivity index (χ0) is 19.5. The third kappa shape index (κ3) is 5.04. The fourth-order valence-corrected chi connectivity index (χ4v) is 3.08. The van der Waals surface area contributed by atoms with Crippen molar-refractivity contribution in [3.8, 4) is 0 Å². The summed E-state index contributed by atoms with van der Waals surface area (Å²) in [6.07, 6.45) is -1.10. The van der Waals surface area contributed by atoms with Crippen LogP contribution in [-0.2, 0) is 19.6 Å². The van der Waals surface area contributed by atoms with Crippen LogP contribution in [0.25, 0.3) is 0 Å². The third-order valence-electron chi connectivity index (χ3n) is 3.45. The molecule has 2 rings (SSSR count). The molecular formula is C17H17ClN2O5S. The number of nitrogens with one attached hydrogen (secondary N) is 1. The number of sulfonamides is 1. The molecule has 0 bridgehead atoms. The van der Waals surface area contributed by atoms with Crippen molar-refractivity contribution in [2.75, 3.05) is 5.32 Å². The summed E-state index contributed by atoms with van der Waals surface area (Å²) in [6, 6.07) is 10.6. The number of amides is 1. The van der Waals surface area contributed by atoms with E-state index in [-0.39, 0.29) is 10.6 Å². The second kappa shape index (κ2) is 7.86. The van der Waals surface area contributed by atoms with E-state index in [1.165, 1.54) is 19.1 Å². The summed E-state index contributed by atoms with van der Waals surface area (Å²) in [5, 5.41) is 7.55. The molecule has 0 fully saturated rings. The first-order valence-corrected chi connectivity index (χ1v) is 9.41. The number of nitrogens with two attached hydrogens (primary N) is 1. The first-order chi connectivity index (χ1) is 12.1. The molecule has 0 saturated carbocycles. The minimum atomic E-state index is -4.10. The molecule has 0 radical (unpaired) electrons. The predicted octanol–water partition coefficient (Wildman–Crippen LogP) is 2.48. The van der Waals surface area contributed by atoms with Crippen LogP contribution in [0.1, 0.15) is 22.8 Å². The summed E-state index contributed by atoms with van der Waals surface area (Å²) in [5.74, 6) is -1.40. The summed E-state index contributed by atoms with van der Waals surface area (Å²) in [4.78, 5) is 23.9. The lowest BCUT2D eigenvalue weighted by Gasteiger charge is -2.14. The minimum Gasteiger partial charge on any atom is -0.449 e. The van der Waals surface area contributed by atoms with Gasteiger partial charge >= 0.3 is 5.97 Å². The van der Waals surface area contributed by atoms with Crippen molar-refractivity contribution in [2.24, 2.45) is 5.14 Å². The minimum absolute atomic E-state index is 0.0894. The number of ether oxygens (including phenoxy) is 1. The second-order valence-corrected chi connectivity index (χ2v) is 7.53. The number of anilines is 1. The maximum Gasteiger partial charge on any atom is 0.338 e. The van der Waals surface area contributed by atoms with Crippen LogP contribution in [0.5, 0.6) is 0 Å². The average molecular weight is 397 g/mol. The van der Waals surface area contributed by atoms with Crippen molar-refractivity contribution in [3.05, 3.63) is 58.6 Å². The van der Waals surface area contributed by atoms with Crippen LogP contribution in [0.3, 0.4) is 0 Å². The van der Waals surface area contributed by atoms with Gasteiger partial charge in [0.25, 0.3) is 5.91 Å². The molecule has 0 aliphatic carbocycles. The number of carbonyl (C=O) groups excluding carboxylic acids is 2. The Balaban J connectivity index is 2.09. The lowest BCUT2D eigenvalue weighted by atomic mass is 10.2. The SMILES string of the molecule is Cc1ccc(NC(=O)[C@@H](C)OC(=O)c2ccc(Cl)c(S(N)(=O)=O)c2)cc1. The maximum atomic E-state index is 12.2. The number of halogens is 1. The van der Waals surface area contributed by atoms with Gasteiger partial charge in [-0.25, -0.2) is 18.4 Å². The van der Waals surface area contributed by atoms with E-state index >= 15 is 0 Å². The lowest BCUT2D eigenvalue weighted by Crippen LogP contribution is -2.30. The summed E-state index contributed by atoms with van der Waals surface area (Å²) in [5.41, 5.74) is 1.51. The molecule has 2 aromatic carbocycles. The molecule has 0 saturated heterocycles. The van der Waals surface area contributed by atoms with Crippen LogP contribution in [-0.4, -0.2) is 26.4 Å². The smallest absolute Gasteiger partial charge is 0.338 e. The molecule has 0 spiro atoms. The van der Waals surface area contributed by atoms with E-state index in [0.29, 0.717) is 5.69 Å². The van der Waals surface area contributed by atoms with Crippen LogP contribution >= 0.6 is 11.6 Å². The van der Waals surface area contributed by atoms with Gasteiger partial charge in [-0.05, 0) is 44.2 Å². The van der Waals surface area contributed by atoms with Gasteiger partial charge in [-0.15, -0.1) is 0 Å². The molecule has 1 amide bonds. The Labute approximate surface area is 156 Å². The predicted molar refractivity (Wildman–Crippen MR) is 97.5 cm³/mol. The van der Waals surface area contributed by atoms with Crippen molar-refractivity contribution in [2.45, 2.75) is 24.8 Å². The quantitative estimate of drug-likeness (QED) is 0.753. The highest BCUT2D eigenvalue weighted by molar-refractivity contribution is 7.89. The molecule has 3 N–H and O–H groups in total. The first-order valence-electron chi connectivity index (χ1n) is 7.49. The van der Waals surface area contributed by atoms with Crippen molar-refractivity contribution in [3.63, 3.8) is 0 Å². The van der Waals surface area contributed by atoms with Gasteiger partial charge in [-0.1, -0.05) is 29.3 Å². The Bertz CT molecular complexity index is 942. The molecular weight excluding hydrogens is 380 g/mol. The van der Waals surface area contributed by atoms with Gasteiger partial charge in [0.2, 0.25) is 10.0 Å². The van der Waals surface area contributed by atoms with Crippen molar-refractivity contribution in [1.82, 2.24) is 0 Å². The summed E-state index contributed by atoms with van der Waals surface area (Å²) in [6.45, 7) is 3.32. The average Bonchev–Trinajstić information content (AvgIpc) is 2.56. The monoisotopic (exact) mass is 396 g/mol. The number of hydrogen-bond donors (Lipinski definition) is 2. The Morgan fingerprint density at radius 1 is 1.15 bits per heavy atom. The summed E-state index contributed by atoms with van der Waals surface area (Å²) >= 11 is 5.77. The van der Waals surface area contributed by atoms with E-state index in [2.05, 4.69) is 5.32 Å². The van der Waals surface area contributed by atoms with E-state index in [1.807, 2.05) is 19.1 Å². The van der Waals surface area contributed by atoms with Crippen LogP contribution < -0.4 is 10.5 Å².